The smallest absolute Gasteiger partial charge is 0.283 e. The lowest BCUT2D eigenvalue weighted by Gasteiger charge is -2.33. The Morgan fingerprint density at radius 2 is 1.46 bits per heavy atom. The van der Waals surface area contributed by atoms with Crippen LogP contribution in [0.5, 0.6) is 17.2 Å². The molecule has 0 amide bonds. The number of methoxy groups -OCH3 is 2. The molecular weight excluding hydrogens is 464 g/mol. The van der Waals surface area contributed by atoms with Gasteiger partial charge in [-0.2, -0.15) is 0 Å². The van der Waals surface area contributed by atoms with Gasteiger partial charge in [-0.3, -0.25) is 30.3 Å². The van der Waals surface area contributed by atoms with Crippen LogP contribution in [0.2, 0.25) is 0 Å². The third kappa shape index (κ3) is 6.32. The summed E-state index contributed by atoms with van der Waals surface area (Å²) in [6, 6.07) is 5.69. The second-order valence-corrected chi connectivity index (χ2v) is 8.52. The number of rotatable bonds is 7. The third-order valence-electron chi connectivity index (χ3n) is 5.75. The van der Waals surface area contributed by atoms with Gasteiger partial charge < -0.3 is 19.5 Å². The van der Waals surface area contributed by atoms with Crippen LogP contribution in [0.1, 0.15) is 37.4 Å². The highest BCUT2D eigenvalue weighted by Gasteiger charge is 2.30. The zero-order valence-corrected chi connectivity index (χ0v) is 20.1. The molecular formula is C22H28N4O9. The Balaban J connectivity index is 0.000000251. The van der Waals surface area contributed by atoms with Crippen LogP contribution in [-0.4, -0.2) is 42.6 Å². The molecule has 2 unspecified atom stereocenters. The van der Waals surface area contributed by atoms with Gasteiger partial charge >= 0.3 is 0 Å². The first-order chi connectivity index (χ1) is 16.4. The van der Waals surface area contributed by atoms with E-state index >= 15 is 0 Å². The van der Waals surface area contributed by atoms with Crippen LogP contribution < -0.4 is 19.5 Å². The van der Waals surface area contributed by atoms with Crippen molar-refractivity contribution >= 4 is 17.1 Å². The summed E-state index contributed by atoms with van der Waals surface area (Å²) in [5.41, 5.74) is -0.399. The fourth-order valence-corrected chi connectivity index (χ4v) is 4.01. The fourth-order valence-electron chi connectivity index (χ4n) is 4.01. The van der Waals surface area contributed by atoms with Crippen LogP contribution in [0.3, 0.4) is 0 Å². The van der Waals surface area contributed by atoms with Gasteiger partial charge in [0, 0.05) is 18.4 Å². The van der Waals surface area contributed by atoms with Crippen molar-refractivity contribution in [3.8, 4) is 17.2 Å². The minimum absolute atomic E-state index is 0.384. The summed E-state index contributed by atoms with van der Waals surface area (Å²) < 4.78 is 10.9. The van der Waals surface area contributed by atoms with Crippen LogP contribution in [0.25, 0.3) is 0 Å². The van der Waals surface area contributed by atoms with Crippen molar-refractivity contribution in [3.05, 3.63) is 65.7 Å². The molecule has 0 radical (unpaired) electrons. The van der Waals surface area contributed by atoms with Crippen LogP contribution in [-0.2, 0) is 6.42 Å². The Morgan fingerprint density at radius 1 is 0.943 bits per heavy atom. The molecule has 2 aromatic rings. The van der Waals surface area contributed by atoms with E-state index in [0.29, 0.717) is 24.1 Å². The van der Waals surface area contributed by atoms with Crippen molar-refractivity contribution in [1.29, 1.82) is 0 Å². The fraction of sp³-hybridized carbons (Fsp3) is 0.455. The summed E-state index contributed by atoms with van der Waals surface area (Å²) in [6.07, 6.45) is 2.34. The van der Waals surface area contributed by atoms with Crippen molar-refractivity contribution in [2.45, 2.75) is 32.7 Å². The van der Waals surface area contributed by atoms with Gasteiger partial charge in [0.05, 0.1) is 60.5 Å². The standard InChI is InChI=1S/C16H25NO2.C6H3N3O7/c1-11(2)8-14-13-10-16(19-5)15(18-4)9-12(13)6-7-17(14)3;10-6-4(8(13)14)1-3(7(11)12)2-5(6)9(15)16/h9-11,14H,6-8H2,1-5H3;1-2,10H. The molecule has 1 heterocycles. The first-order valence-electron chi connectivity index (χ1n) is 10.8. The normalized spacial score (nSPS) is 16.5. The summed E-state index contributed by atoms with van der Waals surface area (Å²) in [5.74, 6) is 0.952. The Bertz CT molecular complexity index is 1090. The molecule has 3 rings (SSSR count). The summed E-state index contributed by atoms with van der Waals surface area (Å²) in [5, 5.41) is 42.1. The molecule has 13 heteroatoms. The number of nitro benzene ring substituents is 3. The number of nitrogens with one attached hydrogen (secondary N) is 1. The molecule has 2 aromatic carbocycles. The number of benzene rings is 2. The first-order valence-corrected chi connectivity index (χ1v) is 10.8. The number of fused-ring (bicyclic) bond motifs is 1. The second-order valence-electron chi connectivity index (χ2n) is 8.52. The van der Waals surface area contributed by atoms with E-state index < -0.39 is 37.6 Å². The van der Waals surface area contributed by atoms with Crippen molar-refractivity contribution in [1.82, 2.24) is 0 Å². The topological polar surface area (TPSA) is 175 Å². The van der Waals surface area contributed by atoms with Gasteiger partial charge in [0.25, 0.3) is 17.1 Å². The Hall–Kier alpha value is -4.00. The zero-order chi connectivity index (χ0) is 26.4. The van der Waals surface area contributed by atoms with Gasteiger partial charge in [0.15, 0.2) is 11.5 Å². The molecule has 0 spiro atoms. The molecule has 0 saturated heterocycles. The minimum Gasteiger partial charge on any atom is -0.863 e. The maximum Gasteiger partial charge on any atom is 0.283 e. The lowest BCUT2D eigenvalue weighted by molar-refractivity contribution is -0.915. The predicted octanol–water partition coefficient (Wildman–Crippen LogP) is 2.35. The lowest BCUT2D eigenvalue weighted by atomic mass is 9.87. The predicted molar refractivity (Wildman–Crippen MR) is 123 cm³/mol. The van der Waals surface area contributed by atoms with Gasteiger partial charge in [-0.25, -0.2) is 0 Å². The van der Waals surface area contributed by atoms with E-state index in [0.717, 1.165) is 17.9 Å². The molecule has 1 aliphatic heterocycles. The number of nitrogens with zero attached hydrogens (tertiary/aromatic N) is 3. The highest BCUT2D eigenvalue weighted by atomic mass is 16.6. The van der Waals surface area contributed by atoms with Gasteiger partial charge in [-0.1, -0.05) is 13.8 Å². The van der Waals surface area contributed by atoms with Gasteiger partial charge in [0.1, 0.15) is 6.04 Å². The van der Waals surface area contributed by atoms with Gasteiger partial charge in [0.2, 0.25) is 0 Å². The van der Waals surface area contributed by atoms with Crippen LogP contribution in [0, 0.1) is 36.3 Å². The second kappa shape index (κ2) is 11.4. The van der Waals surface area contributed by atoms with E-state index in [1.165, 1.54) is 24.1 Å². The highest BCUT2D eigenvalue weighted by Crippen LogP contribution is 2.37. The Morgan fingerprint density at radius 3 is 1.89 bits per heavy atom. The van der Waals surface area contributed by atoms with Crippen molar-refractivity contribution in [2.75, 3.05) is 27.8 Å². The van der Waals surface area contributed by atoms with Crippen molar-refractivity contribution in [3.63, 3.8) is 0 Å². The molecule has 1 N–H and O–H groups in total. The summed E-state index contributed by atoms with van der Waals surface area (Å²) in [4.78, 5) is 29.1. The van der Waals surface area contributed by atoms with E-state index in [1.54, 1.807) is 19.1 Å². The zero-order valence-electron chi connectivity index (χ0n) is 20.1. The number of likely N-dealkylation sites (N-methyl/N-ethyl adjacent to an activating group) is 1. The number of hydrogen-bond acceptors (Lipinski definition) is 9. The maximum absolute atomic E-state index is 11.1. The van der Waals surface area contributed by atoms with E-state index in [1.807, 2.05) is 0 Å². The van der Waals surface area contributed by atoms with Crippen LogP contribution in [0.15, 0.2) is 24.3 Å². The van der Waals surface area contributed by atoms with Crippen molar-refractivity contribution in [2.24, 2.45) is 5.92 Å². The number of non-ortho nitro benzene ring substituents is 1. The molecule has 2 atom stereocenters. The largest absolute Gasteiger partial charge is 0.863 e. The Labute approximate surface area is 201 Å². The summed E-state index contributed by atoms with van der Waals surface area (Å²) in [7, 11) is 5.71. The molecule has 0 saturated carbocycles. The van der Waals surface area contributed by atoms with E-state index in [4.69, 9.17) is 9.47 Å². The van der Waals surface area contributed by atoms with Crippen molar-refractivity contribution < 1.29 is 34.3 Å². The SMILES string of the molecule is COc1cc2c(cc1OC)C(CC(C)C)[NH+](C)CC2.O=[N+]([O-])c1cc([N+](=O)[O-])c([O-])c([N+](=O)[O-])c1. The quantitative estimate of drug-likeness (QED) is 0.449. The molecule has 13 nitrogen and oxygen atoms in total. The molecule has 1 aliphatic rings. The van der Waals surface area contributed by atoms with Crippen LogP contribution in [0.4, 0.5) is 17.1 Å². The lowest BCUT2D eigenvalue weighted by Crippen LogP contribution is -3.10. The average molecular weight is 492 g/mol. The number of ether oxygens (including phenoxy) is 2. The summed E-state index contributed by atoms with van der Waals surface area (Å²) in [6.45, 7) is 5.78. The number of nitro groups is 3. The minimum atomic E-state index is -1.46. The summed E-state index contributed by atoms with van der Waals surface area (Å²) >= 11 is 0. The highest BCUT2D eigenvalue weighted by molar-refractivity contribution is 5.64. The molecule has 190 valence electrons. The maximum atomic E-state index is 11.1. The number of hydrogen-bond donors (Lipinski definition) is 1. The van der Waals surface area contributed by atoms with Crippen LogP contribution >= 0.6 is 0 Å². The van der Waals surface area contributed by atoms with Gasteiger partial charge in [-0.15, -0.1) is 0 Å². The Kier molecular flexibility index (Phi) is 8.89. The van der Waals surface area contributed by atoms with E-state index in [-0.39, 0.29) is 0 Å². The molecule has 0 aliphatic carbocycles. The van der Waals surface area contributed by atoms with Gasteiger partial charge in [-0.05, 0) is 23.6 Å². The van der Waals surface area contributed by atoms with E-state index in [9.17, 15) is 35.4 Å². The third-order valence-corrected chi connectivity index (χ3v) is 5.75. The molecule has 0 bridgehead atoms. The molecule has 35 heavy (non-hydrogen) atoms. The molecule has 0 aromatic heterocycles. The monoisotopic (exact) mass is 492 g/mol. The van der Waals surface area contributed by atoms with E-state index in [2.05, 4.69) is 33.0 Å². The average Bonchev–Trinajstić information content (AvgIpc) is 2.79. The first kappa shape index (κ1) is 27.2. The number of quaternary nitrogens is 1. The molecule has 0 fully saturated rings.